The van der Waals surface area contributed by atoms with Crippen molar-refractivity contribution >= 4 is 35.1 Å². The SMILES string of the molecule is CCOc1ccc(NC(=O)CSc2ccc(NC(=O)c3ccccc3F)nn2)cc1. The number of carbonyl (C=O) groups excluding carboxylic acids is 2. The Bertz CT molecular complexity index is 1010. The van der Waals surface area contributed by atoms with Crippen molar-refractivity contribution in [2.45, 2.75) is 11.9 Å². The van der Waals surface area contributed by atoms with Crippen molar-refractivity contribution < 1.29 is 18.7 Å². The molecule has 1 heterocycles. The normalized spacial score (nSPS) is 10.3. The number of halogens is 1. The molecule has 3 rings (SSSR count). The lowest BCUT2D eigenvalue weighted by Gasteiger charge is -2.07. The highest BCUT2D eigenvalue weighted by molar-refractivity contribution is 7.99. The van der Waals surface area contributed by atoms with Crippen molar-refractivity contribution in [3.63, 3.8) is 0 Å². The molecule has 154 valence electrons. The topological polar surface area (TPSA) is 93.2 Å². The summed E-state index contributed by atoms with van der Waals surface area (Å²) in [6, 6.07) is 15.9. The second-order valence-electron chi connectivity index (χ2n) is 5.99. The minimum absolute atomic E-state index is 0.0799. The monoisotopic (exact) mass is 426 g/mol. The average molecular weight is 426 g/mol. The van der Waals surface area contributed by atoms with Crippen LogP contribution in [0, 0.1) is 5.82 Å². The zero-order valence-electron chi connectivity index (χ0n) is 16.1. The fourth-order valence-electron chi connectivity index (χ4n) is 2.43. The lowest BCUT2D eigenvalue weighted by atomic mass is 10.2. The summed E-state index contributed by atoms with van der Waals surface area (Å²) in [6.45, 7) is 2.48. The largest absolute Gasteiger partial charge is 0.494 e. The maximum atomic E-state index is 13.6. The van der Waals surface area contributed by atoms with Crippen molar-refractivity contribution in [3.8, 4) is 5.75 Å². The Labute approximate surface area is 177 Å². The van der Waals surface area contributed by atoms with E-state index in [0.29, 0.717) is 17.3 Å². The van der Waals surface area contributed by atoms with E-state index in [1.807, 2.05) is 6.92 Å². The van der Waals surface area contributed by atoms with Crippen LogP contribution in [-0.4, -0.2) is 34.4 Å². The van der Waals surface area contributed by atoms with Gasteiger partial charge in [-0.15, -0.1) is 10.2 Å². The molecule has 1 aromatic heterocycles. The zero-order chi connectivity index (χ0) is 21.3. The van der Waals surface area contributed by atoms with E-state index in [4.69, 9.17) is 4.74 Å². The number of nitrogens with zero attached hydrogens (tertiary/aromatic N) is 2. The van der Waals surface area contributed by atoms with Gasteiger partial charge in [0.1, 0.15) is 16.6 Å². The molecule has 0 radical (unpaired) electrons. The third-order valence-electron chi connectivity index (χ3n) is 3.80. The van der Waals surface area contributed by atoms with E-state index >= 15 is 0 Å². The molecule has 3 aromatic rings. The molecule has 0 saturated heterocycles. The molecule has 30 heavy (non-hydrogen) atoms. The molecule has 0 saturated carbocycles. The van der Waals surface area contributed by atoms with Gasteiger partial charge in [0.2, 0.25) is 5.91 Å². The number of carbonyl (C=O) groups is 2. The molecule has 0 fully saturated rings. The molecule has 7 nitrogen and oxygen atoms in total. The molecular formula is C21H19FN4O3S. The van der Waals surface area contributed by atoms with Crippen molar-refractivity contribution in [1.82, 2.24) is 10.2 Å². The maximum absolute atomic E-state index is 13.6. The van der Waals surface area contributed by atoms with Crippen LogP contribution in [0.5, 0.6) is 5.75 Å². The molecule has 0 spiro atoms. The summed E-state index contributed by atoms with van der Waals surface area (Å²) in [5.74, 6) is -0.356. The van der Waals surface area contributed by atoms with Crippen molar-refractivity contribution in [1.29, 1.82) is 0 Å². The predicted molar refractivity (Wildman–Crippen MR) is 113 cm³/mol. The number of hydrogen-bond acceptors (Lipinski definition) is 6. The van der Waals surface area contributed by atoms with Crippen LogP contribution in [-0.2, 0) is 4.79 Å². The number of nitrogens with one attached hydrogen (secondary N) is 2. The molecule has 0 bridgehead atoms. The highest BCUT2D eigenvalue weighted by atomic mass is 32.2. The second kappa shape index (κ2) is 10.4. The fraction of sp³-hybridized carbons (Fsp3) is 0.143. The quantitative estimate of drug-likeness (QED) is 0.529. The molecule has 9 heteroatoms. The van der Waals surface area contributed by atoms with Gasteiger partial charge in [-0.2, -0.15) is 0 Å². The van der Waals surface area contributed by atoms with E-state index in [1.165, 1.54) is 30.0 Å². The average Bonchev–Trinajstić information content (AvgIpc) is 2.75. The fourth-order valence-corrected chi connectivity index (χ4v) is 3.04. The maximum Gasteiger partial charge on any atom is 0.259 e. The molecule has 2 amide bonds. The van der Waals surface area contributed by atoms with E-state index in [-0.39, 0.29) is 23.0 Å². The van der Waals surface area contributed by atoms with Gasteiger partial charge < -0.3 is 15.4 Å². The predicted octanol–water partition coefficient (Wildman–Crippen LogP) is 4.00. The number of rotatable bonds is 8. The van der Waals surface area contributed by atoms with Gasteiger partial charge in [-0.25, -0.2) is 4.39 Å². The van der Waals surface area contributed by atoms with Crippen LogP contribution in [0.15, 0.2) is 65.7 Å². The Morgan fingerprint density at radius 2 is 1.77 bits per heavy atom. The number of amides is 2. The first-order chi connectivity index (χ1) is 14.5. The Kier molecular flexibility index (Phi) is 7.34. The molecule has 0 atom stereocenters. The third-order valence-corrected chi connectivity index (χ3v) is 4.72. The smallest absolute Gasteiger partial charge is 0.259 e. The van der Waals surface area contributed by atoms with Gasteiger partial charge >= 0.3 is 0 Å². The van der Waals surface area contributed by atoms with Crippen LogP contribution in [0.4, 0.5) is 15.9 Å². The summed E-state index contributed by atoms with van der Waals surface area (Å²) in [5, 5.41) is 13.6. The number of ether oxygens (including phenoxy) is 1. The van der Waals surface area contributed by atoms with Gasteiger partial charge in [-0.1, -0.05) is 23.9 Å². The number of benzene rings is 2. The van der Waals surface area contributed by atoms with Crippen LogP contribution in [0.3, 0.4) is 0 Å². The Morgan fingerprint density at radius 1 is 1.00 bits per heavy atom. The van der Waals surface area contributed by atoms with Crippen molar-refractivity contribution in [2.24, 2.45) is 0 Å². The third kappa shape index (κ3) is 6.02. The molecule has 0 aliphatic heterocycles. The van der Waals surface area contributed by atoms with Gasteiger partial charge in [-0.05, 0) is 55.5 Å². The van der Waals surface area contributed by atoms with Gasteiger partial charge in [0.15, 0.2) is 5.82 Å². The Morgan fingerprint density at radius 3 is 2.43 bits per heavy atom. The highest BCUT2D eigenvalue weighted by Crippen LogP contribution is 2.19. The van der Waals surface area contributed by atoms with Crippen LogP contribution >= 0.6 is 11.8 Å². The minimum Gasteiger partial charge on any atom is -0.494 e. The van der Waals surface area contributed by atoms with E-state index in [9.17, 15) is 14.0 Å². The van der Waals surface area contributed by atoms with Crippen molar-refractivity contribution in [2.75, 3.05) is 23.0 Å². The number of thioether (sulfide) groups is 1. The van der Waals surface area contributed by atoms with E-state index in [1.54, 1.807) is 42.5 Å². The molecule has 0 aliphatic carbocycles. The van der Waals surface area contributed by atoms with Gasteiger partial charge in [0.05, 0.1) is 17.9 Å². The summed E-state index contributed by atoms with van der Waals surface area (Å²) in [4.78, 5) is 24.2. The summed E-state index contributed by atoms with van der Waals surface area (Å²) < 4.78 is 19.0. The number of anilines is 2. The second-order valence-corrected chi connectivity index (χ2v) is 6.98. The molecule has 0 unspecified atom stereocenters. The number of hydrogen-bond donors (Lipinski definition) is 2. The first kappa shape index (κ1) is 21.3. The van der Waals surface area contributed by atoms with Crippen molar-refractivity contribution in [3.05, 3.63) is 72.0 Å². The lowest BCUT2D eigenvalue weighted by molar-refractivity contribution is -0.113. The van der Waals surface area contributed by atoms with Crippen LogP contribution in [0.25, 0.3) is 0 Å². The van der Waals surface area contributed by atoms with Gasteiger partial charge in [0, 0.05) is 5.69 Å². The van der Waals surface area contributed by atoms with Crippen LogP contribution < -0.4 is 15.4 Å². The highest BCUT2D eigenvalue weighted by Gasteiger charge is 2.12. The van der Waals surface area contributed by atoms with E-state index in [2.05, 4.69) is 20.8 Å². The minimum atomic E-state index is -0.617. The lowest BCUT2D eigenvalue weighted by Crippen LogP contribution is -2.15. The first-order valence-corrected chi connectivity index (χ1v) is 10.1. The summed E-state index contributed by atoms with van der Waals surface area (Å²) >= 11 is 1.20. The van der Waals surface area contributed by atoms with Crippen LogP contribution in [0.2, 0.25) is 0 Å². The summed E-state index contributed by atoms with van der Waals surface area (Å²) in [6.07, 6.45) is 0. The number of aromatic nitrogens is 2. The van der Waals surface area contributed by atoms with Gasteiger partial charge in [0.25, 0.3) is 5.91 Å². The van der Waals surface area contributed by atoms with Gasteiger partial charge in [-0.3, -0.25) is 9.59 Å². The standard InChI is InChI=1S/C21H19FN4O3S/c1-2-29-15-9-7-14(8-10-15)23-19(27)13-30-20-12-11-18(25-26-20)24-21(28)16-5-3-4-6-17(16)22/h3-12H,2,13H2,1H3,(H,23,27)(H,24,25,28). The summed E-state index contributed by atoms with van der Waals surface area (Å²) in [7, 11) is 0. The molecule has 2 N–H and O–H groups in total. The molecule has 0 aliphatic rings. The Balaban J connectivity index is 1.49. The molecular weight excluding hydrogens is 407 g/mol. The summed E-state index contributed by atoms with van der Waals surface area (Å²) in [5.41, 5.74) is 0.588. The van der Waals surface area contributed by atoms with E-state index < -0.39 is 11.7 Å². The first-order valence-electron chi connectivity index (χ1n) is 9.10. The zero-order valence-corrected chi connectivity index (χ0v) is 16.9. The molecule has 2 aromatic carbocycles. The Hall–Kier alpha value is -3.46. The van der Waals surface area contributed by atoms with E-state index in [0.717, 1.165) is 5.75 Å². The van der Waals surface area contributed by atoms with Crippen LogP contribution in [0.1, 0.15) is 17.3 Å².